The second kappa shape index (κ2) is 5.93. The number of nitrogens with two attached hydrogens (primary N) is 1. The van der Waals surface area contributed by atoms with Crippen molar-refractivity contribution in [2.24, 2.45) is 11.7 Å². The molecule has 1 aliphatic heterocycles. The molecule has 2 heterocycles. The summed E-state index contributed by atoms with van der Waals surface area (Å²) in [4.78, 5) is 29.2. The molecule has 2 aromatic rings. The SMILES string of the molecule is CCC[C@@H]1CN(C(=O)c2c[nH]c(=O)c3ccccc23)C[C@H]1N. The molecule has 1 saturated heterocycles. The third-order valence-corrected chi connectivity index (χ3v) is 4.48. The second-order valence-electron chi connectivity index (χ2n) is 6.00. The van der Waals surface area contributed by atoms with Crippen LogP contribution in [0.25, 0.3) is 10.8 Å². The van der Waals surface area contributed by atoms with E-state index in [0.29, 0.717) is 35.3 Å². The van der Waals surface area contributed by atoms with Gasteiger partial charge in [0.2, 0.25) is 0 Å². The van der Waals surface area contributed by atoms with Gasteiger partial charge in [-0.25, -0.2) is 0 Å². The molecule has 2 atom stereocenters. The summed E-state index contributed by atoms with van der Waals surface area (Å²) in [6, 6.07) is 7.24. The first-order valence-corrected chi connectivity index (χ1v) is 7.77. The zero-order chi connectivity index (χ0) is 15.7. The van der Waals surface area contributed by atoms with Gasteiger partial charge in [-0.05, 0) is 18.4 Å². The lowest BCUT2D eigenvalue weighted by molar-refractivity contribution is 0.0787. The van der Waals surface area contributed by atoms with E-state index < -0.39 is 0 Å². The molecule has 1 aromatic carbocycles. The summed E-state index contributed by atoms with van der Waals surface area (Å²) < 4.78 is 0. The molecule has 116 valence electrons. The number of aromatic amines is 1. The minimum absolute atomic E-state index is 0.0397. The quantitative estimate of drug-likeness (QED) is 0.906. The van der Waals surface area contributed by atoms with E-state index in [-0.39, 0.29) is 17.5 Å². The first-order valence-electron chi connectivity index (χ1n) is 7.77. The zero-order valence-corrected chi connectivity index (χ0v) is 12.7. The van der Waals surface area contributed by atoms with Crippen molar-refractivity contribution in [2.75, 3.05) is 13.1 Å². The topological polar surface area (TPSA) is 79.2 Å². The number of nitrogens with one attached hydrogen (secondary N) is 1. The van der Waals surface area contributed by atoms with Crippen LogP contribution in [0.1, 0.15) is 30.1 Å². The standard InChI is InChI=1S/C17H21N3O2/c1-2-5-11-9-20(10-15(11)18)17(22)14-8-19-16(21)13-7-4-3-6-12(13)14/h3-4,6-8,11,15H,2,5,9-10,18H2,1H3,(H,19,21)/t11-,15-/m1/s1. The van der Waals surface area contributed by atoms with Gasteiger partial charge in [-0.3, -0.25) is 9.59 Å². The molecule has 5 nitrogen and oxygen atoms in total. The lowest BCUT2D eigenvalue weighted by Crippen LogP contribution is -2.32. The van der Waals surface area contributed by atoms with Crippen molar-refractivity contribution >= 4 is 16.7 Å². The van der Waals surface area contributed by atoms with Gasteiger partial charge in [0.25, 0.3) is 11.5 Å². The number of hydrogen-bond donors (Lipinski definition) is 2. The number of nitrogens with zero attached hydrogens (tertiary/aromatic N) is 1. The predicted octanol–water partition coefficient (Wildman–Crippen LogP) is 1.73. The molecule has 0 aliphatic carbocycles. The number of amides is 1. The molecule has 0 saturated carbocycles. The van der Waals surface area contributed by atoms with Crippen LogP contribution in [-0.4, -0.2) is 34.9 Å². The van der Waals surface area contributed by atoms with E-state index in [1.54, 1.807) is 12.1 Å². The average molecular weight is 299 g/mol. The number of fused-ring (bicyclic) bond motifs is 1. The third kappa shape index (κ3) is 2.52. The normalized spacial score (nSPS) is 21.5. The molecule has 3 N–H and O–H groups in total. The Kier molecular flexibility index (Phi) is 3.98. The van der Waals surface area contributed by atoms with E-state index in [0.717, 1.165) is 12.8 Å². The Morgan fingerprint density at radius 2 is 2.05 bits per heavy atom. The maximum atomic E-state index is 12.8. The molecule has 0 radical (unpaired) electrons. The number of pyridine rings is 1. The van der Waals surface area contributed by atoms with Crippen LogP contribution in [0.3, 0.4) is 0 Å². The zero-order valence-electron chi connectivity index (χ0n) is 12.7. The van der Waals surface area contributed by atoms with E-state index in [1.807, 2.05) is 17.0 Å². The Morgan fingerprint density at radius 1 is 1.32 bits per heavy atom. The highest BCUT2D eigenvalue weighted by molar-refractivity contribution is 6.06. The smallest absolute Gasteiger partial charge is 0.256 e. The number of carbonyl (C=O) groups excluding carboxylic acids is 1. The van der Waals surface area contributed by atoms with Gasteiger partial charge in [0.05, 0.1) is 5.56 Å². The second-order valence-corrected chi connectivity index (χ2v) is 6.00. The molecule has 0 bridgehead atoms. The highest BCUT2D eigenvalue weighted by atomic mass is 16.2. The summed E-state index contributed by atoms with van der Waals surface area (Å²) >= 11 is 0. The Hall–Kier alpha value is -2.14. The maximum absolute atomic E-state index is 12.8. The molecule has 22 heavy (non-hydrogen) atoms. The number of rotatable bonds is 3. The molecule has 1 aliphatic rings. The van der Waals surface area contributed by atoms with Gasteiger partial charge in [0.1, 0.15) is 0 Å². The minimum Gasteiger partial charge on any atom is -0.337 e. The summed E-state index contributed by atoms with van der Waals surface area (Å²) in [5.41, 5.74) is 6.53. The van der Waals surface area contributed by atoms with Gasteiger partial charge in [0.15, 0.2) is 0 Å². The van der Waals surface area contributed by atoms with Crippen molar-refractivity contribution in [1.29, 1.82) is 0 Å². The lowest BCUT2D eigenvalue weighted by atomic mass is 9.99. The monoisotopic (exact) mass is 299 g/mol. The van der Waals surface area contributed by atoms with E-state index in [2.05, 4.69) is 11.9 Å². The fourth-order valence-electron chi connectivity index (χ4n) is 3.30. The van der Waals surface area contributed by atoms with Crippen LogP contribution < -0.4 is 11.3 Å². The van der Waals surface area contributed by atoms with Crippen LogP contribution in [0.5, 0.6) is 0 Å². The van der Waals surface area contributed by atoms with Gasteiger partial charge in [-0.2, -0.15) is 0 Å². The fourth-order valence-corrected chi connectivity index (χ4v) is 3.30. The first-order chi connectivity index (χ1) is 10.6. The van der Waals surface area contributed by atoms with Crippen LogP contribution >= 0.6 is 0 Å². The number of H-pyrrole nitrogens is 1. The predicted molar refractivity (Wildman–Crippen MR) is 86.8 cm³/mol. The van der Waals surface area contributed by atoms with Crippen LogP contribution in [-0.2, 0) is 0 Å². The Balaban J connectivity index is 1.94. The Labute approximate surface area is 129 Å². The number of hydrogen-bond acceptors (Lipinski definition) is 3. The summed E-state index contributed by atoms with van der Waals surface area (Å²) in [5, 5.41) is 1.24. The molecule has 0 unspecified atom stereocenters. The maximum Gasteiger partial charge on any atom is 0.256 e. The van der Waals surface area contributed by atoms with Crippen molar-refractivity contribution in [3.05, 3.63) is 46.4 Å². The highest BCUT2D eigenvalue weighted by Gasteiger charge is 2.33. The van der Waals surface area contributed by atoms with Crippen molar-refractivity contribution < 1.29 is 4.79 Å². The van der Waals surface area contributed by atoms with Crippen LogP contribution in [0.4, 0.5) is 0 Å². The number of benzene rings is 1. The summed E-state index contributed by atoms with van der Waals surface area (Å²) in [6.07, 6.45) is 3.63. The fraction of sp³-hybridized carbons (Fsp3) is 0.412. The molecule has 1 amide bonds. The molecular weight excluding hydrogens is 278 g/mol. The molecule has 1 aromatic heterocycles. The van der Waals surface area contributed by atoms with Gasteiger partial charge in [-0.1, -0.05) is 31.5 Å². The van der Waals surface area contributed by atoms with Crippen molar-refractivity contribution in [3.8, 4) is 0 Å². The first kappa shape index (κ1) is 14.8. The van der Waals surface area contributed by atoms with E-state index in [1.165, 1.54) is 6.20 Å². The van der Waals surface area contributed by atoms with Crippen LogP contribution in [0, 0.1) is 5.92 Å². The molecule has 1 fully saturated rings. The third-order valence-electron chi connectivity index (χ3n) is 4.48. The van der Waals surface area contributed by atoms with Gasteiger partial charge in [-0.15, -0.1) is 0 Å². The van der Waals surface area contributed by atoms with Crippen molar-refractivity contribution in [1.82, 2.24) is 9.88 Å². The van der Waals surface area contributed by atoms with Crippen LogP contribution in [0.15, 0.2) is 35.3 Å². The van der Waals surface area contributed by atoms with Gasteiger partial charge in [0, 0.05) is 36.1 Å². The molecular formula is C17H21N3O2. The largest absolute Gasteiger partial charge is 0.337 e. The Bertz CT molecular complexity index is 753. The molecule has 3 rings (SSSR count). The van der Waals surface area contributed by atoms with E-state index in [9.17, 15) is 9.59 Å². The highest BCUT2D eigenvalue weighted by Crippen LogP contribution is 2.24. The summed E-state index contributed by atoms with van der Waals surface area (Å²) in [5.74, 6) is 0.310. The number of carbonyl (C=O) groups is 1. The summed E-state index contributed by atoms with van der Waals surface area (Å²) in [6.45, 7) is 3.41. The van der Waals surface area contributed by atoms with E-state index >= 15 is 0 Å². The molecule has 0 spiro atoms. The average Bonchev–Trinajstić information content (AvgIpc) is 2.89. The molecule has 5 heteroatoms. The van der Waals surface area contributed by atoms with Gasteiger partial charge >= 0.3 is 0 Å². The number of likely N-dealkylation sites (tertiary alicyclic amines) is 1. The van der Waals surface area contributed by atoms with Crippen LogP contribution in [0.2, 0.25) is 0 Å². The van der Waals surface area contributed by atoms with Gasteiger partial charge < -0.3 is 15.6 Å². The van der Waals surface area contributed by atoms with E-state index in [4.69, 9.17) is 5.73 Å². The summed E-state index contributed by atoms with van der Waals surface area (Å²) in [7, 11) is 0. The Morgan fingerprint density at radius 3 is 2.77 bits per heavy atom. The van der Waals surface area contributed by atoms with Crippen molar-refractivity contribution in [3.63, 3.8) is 0 Å². The minimum atomic E-state index is -0.172. The lowest BCUT2D eigenvalue weighted by Gasteiger charge is -2.17. The number of aromatic nitrogens is 1. The van der Waals surface area contributed by atoms with Crippen molar-refractivity contribution in [2.45, 2.75) is 25.8 Å².